The summed E-state index contributed by atoms with van der Waals surface area (Å²) >= 11 is 6.03. The maximum atomic E-state index is 12.8. The third-order valence-corrected chi connectivity index (χ3v) is 6.14. The molecule has 2 aromatic heterocycles. The number of anilines is 1. The molecule has 3 amide bonds. The summed E-state index contributed by atoms with van der Waals surface area (Å²) in [5.74, 6) is 0.424. The van der Waals surface area contributed by atoms with E-state index in [0.29, 0.717) is 57.9 Å². The number of furan rings is 1. The number of carbonyl (C=O) groups is 2. The predicted molar refractivity (Wildman–Crippen MR) is 114 cm³/mol. The maximum Gasteiger partial charge on any atom is 0.417 e. The van der Waals surface area contributed by atoms with E-state index < -0.39 is 11.7 Å². The SMILES string of the molecule is O=C(NC1CCN(C(=O)c2ccco2)CC1)N1CCN(c2ncc(C(F)(F)F)cc2Cl)CC1. The number of hydrogen-bond donors (Lipinski definition) is 1. The number of alkyl halides is 3. The molecule has 12 heteroatoms. The van der Waals surface area contributed by atoms with Gasteiger partial charge in [0.1, 0.15) is 5.82 Å². The largest absolute Gasteiger partial charge is 0.459 e. The smallest absolute Gasteiger partial charge is 0.417 e. The van der Waals surface area contributed by atoms with Crippen molar-refractivity contribution in [2.24, 2.45) is 0 Å². The van der Waals surface area contributed by atoms with Crippen molar-refractivity contribution in [3.8, 4) is 0 Å². The summed E-state index contributed by atoms with van der Waals surface area (Å²) in [6, 6.07) is 3.93. The molecule has 2 aromatic rings. The summed E-state index contributed by atoms with van der Waals surface area (Å²) in [5.41, 5.74) is -0.897. The molecule has 2 fully saturated rings. The zero-order chi connectivity index (χ0) is 23.6. The molecule has 0 aliphatic carbocycles. The van der Waals surface area contributed by atoms with Crippen molar-refractivity contribution in [3.63, 3.8) is 0 Å². The minimum absolute atomic E-state index is 0.0396. The minimum atomic E-state index is -4.51. The van der Waals surface area contributed by atoms with Gasteiger partial charge in [0.2, 0.25) is 0 Å². The van der Waals surface area contributed by atoms with Gasteiger partial charge >= 0.3 is 12.2 Å². The van der Waals surface area contributed by atoms with Crippen LogP contribution >= 0.6 is 11.6 Å². The molecular weight excluding hydrogens is 463 g/mol. The van der Waals surface area contributed by atoms with Crippen LogP contribution < -0.4 is 10.2 Å². The van der Waals surface area contributed by atoms with Gasteiger partial charge in [-0.3, -0.25) is 4.79 Å². The van der Waals surface area contributed by atoms with Crippen LogP contribution in [0.15, 0.2) is 35.1 Å². The van der Waals surface area contributed by atoms with E-state index in [0.717, 1.165) is 12.3 Å². The molecule has 0 aromatic carbocycles. The molecule has 2 aliphatic rings. The third kappa shape index (κ3) is 5.35. The Balaban J connectivity index is 1.24. The van der Waals surface area contributed by atoms with Crippen LogP contribution in [0.3, 0.4) is 0 Å². The van der Waals surface area contributed by atoms with E-state index in [1.165, 1.54) is 6.26 Å². The number of urea groups is 1. The third-order valence-electron chi connectivity index (χ3n) is 5.86. The lowest BCUT2D eigenvalue weighted by molar-refractivity contribution is -0.137. The van der Waals surface area contributed by atoms with E-state index >= 15 is 0 Å². The van der Waals surface area contributed by atoms with E-state index in [1.54, 1.807) is 26.8 Å². The first-order valence-electron chi connectivity index (χ1n) is 10.6. The van der Waals surface area contributed by atoms with Gasteiger partial charge in [-0.05, 0) is 31.0 Å². The van der Waals surface area contributed by atoms with Gasteiger partial charge in [-0.15, -0.1) is 0 Å². The van der Waals surface area contributed by atoms with Gasteiger partial charge in [-0.2, -0.15) is 13.2 Å². The Morgan fingerprint density at radius 3 is 2.36 bits per heavy atom. The second-order valence-corrected chi connectivity index (χ2v) is 8.40. The highest BCUT2D eigenvalue weighted by molar-refractivity contribution is 6.33. The van der Waals surface area contributed by atoms with Crippen LogP contribution in [0.5, 0.6) is 0 Å². The van der Waals surface area contributed by atoms with Crippen molar-refractivity contribution >= 4 is 29.4 Å². The average Bonchev–Trinajstić information content (AvgIpc) is 3.33. The van der Waals surface area contributed by atoms with Crippen LogP contribution in [0.2, 0.25) is 5.02 Å². The first-order chi connectivity index (χ1) is 15.7. The van der Waals surface area contributed by atoms with Gasteiger partial charge in [0.25, 0.3) is 5.91 Å². The lowest BCUT2D eigenvalue weighted by Gasteiger charge is -2.37. The van der Waals surface area contributed by atoms with Crippen LogP contribution in [0.1, 0.15) is 29.0 Å². The molecule has 178 valence electrons. The van der Waals surface area contributed by atoms with Crippen molar-refractivity contribution in [1.29, 1.82) is 0 Å². The van der Waals surface area contributed by atoms with Gasteiger partial charge in [-0.25, -0.2) is 9.78 Å². The Hall–Kier alpha value is -2.95. The fourth-order valence-corrected chi connectivity index (χ4v) is 4.27. The van der Waals surface area contributed by atoms with Crippen molar-refractivity contribution in [1.82, 2.24) is 20.1 Å². The number of rotatable bonds is 3. The number of aromatic nitrogens is 1. The number of halogens is 4. The molecule has 0 radical (unpaired) electrons. The Kier molecular flexibility index (Phi) is 6.68. The average molecular weight is 486 g/mol. The van der Waals surface area contributed by atoms with Crippen molar-refractivity contribution in [2.75, 3.05) is 44.2 Å². The fourth-order valence-electron chi connectivity index (χ4n) is 3.99. The topological polar surface area (TPSA) is 81.9 Å². The highest BCUT2D eigenvalue weighted by atomic mass is 35.5. The summed E-state index contributed by atoms with van der Waals surface area (Å²) in [7, 11) is 0. The first kappa shape index (κ1) is 23.2. The molecule has 0 bridgehead atoms. The highest BCUT2D eigenvalue weighted by Gasteiger charge is 2.33. The summed E-state index contributed by atoms with van der Waals surface area (Å²) in [5, 5.41) is 2.94. The number of amides is 3. The van der Waals surface area contributed by atoms with Gasteiger partial charge in [-0.1, -0.05) is 11.6 Å². The quantitative estimate of drug-likeness (QED) is 0.720. The highest BCUT2D eigenvalue weighted by Crippen LogP contribution is 2.33. The number of piperidine rings is 1. The molecule has 2 aliphatic heterocycles. The number of nitrogens with zero attached hydrogens (tertiary/aromatic N) is 4. The Morgan fingerprint density at radius 2 is 1.79 bits per heavy atom. The zero-order valence-corrected chi connectivity index (χ0v) is 18.4. The number of carbonyl (C=O) groups excluding carboxylic acids is 2. The molecule has 0 spiro atoms. The van der Waals surface area contributed by atoms with E-state index in [2.05, 4.69) is 10.3 Å². The zero-order valence-electron chi connectivity index (χ0n) is 17.6. The maximum absolute atomic E-state index is 12.8. The molecule has 4 heterocycles. The molecule has 33 heavy (non-hydrogen) atoms. The molecule has 0 unspecified atom stereocenters. The van der Waals surface area contributed by atoms with Crippen molar-refractivity contribution in [3.05, 3.63) is 47.0 Å². The fraction of sp³-hybridized carbons (Fsp3) is 0.476. The van der Waals surface area contributed by atoms with Crippen LogP contribution in [0.4, 0.5) is 23.8 Å². The molecule has 0 atom stereocenters. The molecular formula is C21H23ClF3N5O3. The lowest BCUT2D eigenvalue weighted by atomic mass is 10.0. The van der Waals surface area contributed by atoms with E-state index in [4.69, 9.17) is 16.0 Å². The van der Waals surface area contributed by atoms with E-state index in [9.17, 15) is 22.8 Å². The van der Waals surface area contributed by atoms with E-state index in [1.807, 2.05) is 0 Å². The number of hydrogen-bond acceptors (Lipinski definition) is 5. The first-order valence-corrected chi connectivity index (χ1v) is 11.0. The summed E-state index contributed by atoms with van der Waals surface area (Å²) in [4.78, 5) is 34.0. The van der Waals surface area contributed by atoms with Crippen molar-refractivity contribution in [2.45, 2.75) is 25.1 Å². The lowest BCUT2D eigenvalue weighted by Crippen LogP contribution is -2.55. The summed E-state index contributed by atoms with van der Waals surface area (Å²) in [6.45, 7) is 2.64. The van der Waals surface area contributed by atoms with E-state index in [-0.39, 0.29) is 28.8 Å². The predicted octanol–water partition coefficient (Wildman–Crippen LogP) is 3.48. The Morgan fingerprint density at radius 1 is 1.09 bits per heavy atom. The molecule has 1 N–H and O–H groups in total. The standard InChI is InChI=1S/C21H23ClF3N5O3/c22-16-12-14(21(23,24)25)13-26-18(16)28-7-9-30(10-8-28)20(32)27-15-3-5-29(6-4-15)19(31)17-2-1-11-33-17/h1-2,11-13,15H,3-10H2,(H,27,32). The second-order valence-electron chi connectivity index (χ2n) is 7.99. The van der Waals surface area contributed by atoms with Crippen LogP contribution in [0, 0.1) is 0 Å². The van der Waals surface area contributed by atoms with Gasteiger partial charge < -0.3 is 24.4 Å². The Labute approximate surface area is 193 Å². The van der Waals surface area contributed by atoms with Crippen LogP contribution in [0.25, 0.3) is 0 Å². The van der Waals surface area contributed by atoms with Gasteiger partial charge in [0.05, 0.1) is 16.8 Å². The molecule has 8 nitrogen and oxygen atoms in total. The number of nitrogens with one attached hydrogen (secondary N) is 1. The van der Waals surface area contributed by atoms with Crippen molar-refractivity contribution < 1.29 is 27.2 Å². The molecule has 0 saturated carbocycles. The summed E-state index contributed by atoms with van der Waals surface area (Å²) < 4.78 is 43.6. The van der Waals surface area contributed by atoms with Crippen LogP contribution in [-0.2, 0) is 6.18 Å². The number of likely N-dealkylation sites (tertiary alicyclic amines) is 1. The van der Waals surface area contributed by atoms with Crippen LogP contribution in [-0.4, -0.2) is 72.0 Å². The normalized spacial score (nSPS) is 17.9. The van der Waals surface area contributed by atoms with Gasteiger partial charge in [0.15, 0.2) is 5.76 Å². The Bertz CT molecular complexity index is 986. The number of piperazine rings is 1. The monoisotopic (exact) mass is 485 g/mol. The number of pyridine rings is 1. The van der Waals surface area contributed by atoms with Gasteiger partial charge in [0, 0.05) is 51.5 Å². The molecule has 2 saturated heterocycles. The molecule has 4 rings (SSSR count). The second kappa shape index (κ2) is 9.50. The minimum Gasteiger partial charge on any atom is -0.459 e. The summed E-state index contributed by atoms with van der Waals surface area (Å²) in [6.07, 6.45) is -0.995.